The maximum atomic E-state index is 14.8. The van der Waals surface area contributed by atoms with Crippen molar-refractivity contribution in [3.05, 3.63) is 114 Å². The van der Waals surface area contributed by atoms with Gasteiger partial charge in [-0.1, -0.05) is 114 Å². The standard InChI is InChI=1S/C45H56N6O5/c1-6-8-9-13-24-47-29-37(39(53)26-45(3,4)5)36-18-14-17-34(42(36)47)28-48-30-40-50(38(43(48)55)25-32-19-21-35(52)22-20-32)41(54)31-49(23-7-2)51(40)44(56)46-27-33-15-11-10-12-16-33/h7,10-12,14-22,29,38,40,52H,2,6,8-9,13,23-28,30-31H2,1,3-5H3,(H,46,56). The fourth-order valence-electron chi connectivity index (χ4n) is 8.01. The number of aryl methyl sites for hydroxylation is 1. The highest BCUT2D eigenvalue weighted by atomic mass is 16.3. The van der Waals surface area contributed by atoms with E-state index in [1.165, 1.54) is 0 Å². The third-order valence-electron chi connectivity index (χ3n) is 10.6. The Balaban J connectivity index is 1.40. The van der Waals surface area contributed by atoms with Crippen LogP contribution < -0.4 is 5.32 Å². The van der Waals surface area contributed by atoms with Crippen LogP contribution in [0, 0.1) is 5.41 Å². The van der Waals surface area contributed by atoms with E-state index in [2.05, 4.69) is 44.2 Å². The molecule has 4 amide bonds. The van der Waals surface area contributed by atoms with E-state index in [-0.39, 0.29) is 73.9 Å². The minimum Gasteiger partial charge on any atom is -0.508 e. The Morgan fingerprint density at radius 3 is 2.39 bits per heavy atom. The van der Waals surface area contributed by atoms with Gasteiger partial charge in [-0.05, 0) is 40.7 Å². The number of phenolic OH excluding ortho intramolecular Hbond substituents is 1. The summed E-state index contributed by atoms with van der Waals surface area (Å²) in [6, 6.07) is 20.9. The minimum atomic E-state index is -0.912. The first-order valence-electron chi connectivity index (χ1n) is 19.9. The van der Waals surface area contributed by atoms with E-state index in [0.717, 1.165) is 59.8 Å². The molecule has 0 aliphatic carbocycles. The first-order valence-corrected chi connectivity index (χ1v) is 19.9. The summed E-state index contributed by atoms with van der Waals surface area (Å²) in [6.45, 7) is 13.7. The number of fused-ring (bicyclic) bond motifs is 2. The number of hydrogen-bond acceptors (Lipinski definition) is 6. The molecule has 1 aromatic heterocycles. The SMILES string of the molecule is C=CCN1CC(=O)N2C(Cc3ccc(O)cc3)C(=O)N(Cc3cccc4c(C(=O)CC(C)(C)C)cn(CCCCCC)c34)CC2N1C(=O)NCc1ccccc1. The molecule has 0 bridgehead atoms. The summed E-state index contributed by atoms with van der Waals surface area (Å²) >= 11 is 0. The van der Waals surface area contributed by atoms with Crippen LogP contribution >= 0.6 is 0 Å². The first-order chi connectivity index (χ1) is 26.9. The summed E-state index contributed by atoms with van der Waals surface area (Å²) in [5.41, 5.74) is 4.03. The molecule has 2 aliphatic rings. The van der Waals surface area contributed by atoms with Crippen LogP contribution in [0.3, 0.4) is 0 Å². The van der Waals surface area contributed by atoms with Gasteiger partial charge in [0.1, 0.15) is 18.0 Å². The number of nitrogens with one attached hydrogen (secondary N) is 1. The lowest BCUT2D eigenvalue weighted by molar-refractivity contribution is -0.189. The van der Waals surface area contributed by atoms with E-state index in [1.807, 2.05) is 54.7 Å². The number of amides is 4. The lowest BCUT2D eigenvalue weighted by Crippen LogP contribution is -2.76. The second-order valence-electron chi connectivity index (χ2n) is 16.3. The van der Waals surface area contributed by atoms with Gasteiger partial charge in [-0.25, -0.2) is 14.8 Å². The molecule has 3 aromatic carbocycles. The molecule has 0 radical (unpaired) electrons. The Hall–Kier alpha value is -5.42. The summed E-state index contributed by atoms with van der Waals surface area (Å²) in [5, 5.41) is 17.2. The Labute approximate surface area is 330 Å². The summed E-state index contributed by atoms with van der Waals surface area (Å²) in [7, 11) is 0. The number of urea groups is 1. The van der Waals surface area contributed by atoms with Gasteiger partial charge in [-0.2, -0.15) is 0 Å². The molecule has 6 rings (SSSR count). The minimum absolute atomic E-state index is 0.0759. The zero-order valence-electron chi connectivity index (χ0n) is 33.2. The van der Waals surface area contributed by atoms with Crippen LogP contribution in [0.5, 0.6) is 5.75 Å². The van der Waals surface area contributed by atoms with Crippen LogP contribution in [0.15, 0.2) is 91.6 Å². The molecule has 2 atom stereocenters. The average molecular weight is 761 g/mol. The average Bonchev–Trinajstić information content (AvgIpc) is 3.54. The smallest absolute Gasteiger partial charge is 0.334 e. The molecule has 2 saturated heterocycles. The zero-order chi connectivity index (χ0) is 40.0. The van der Waals surface area contributed by atoms with E-state index >= 15 is 0 Å². The quantitative estimate of drug-likeness (QED) is 0.0748. The highest BCUT2D eigenvalue weighted by molar-refractivity contribution is 6.09. The number of carbonyl (C=O) groups is 4. The Kier molecular flexibility index (Phi) is 12.6. The number of unbranched alkanes of at least 4 members (excludes halogenated alkanes) is 3. The number of benzene rings is 3. The summed E-state index contributed by atoms with van der Waals surface area (Å²) in [5.74, 6) is -0.298. The molecule has 2 fully saturated rings. The van der Waals surface area contributed by atoms with Crippen molar-refractivity contribution in [3.8, 4) is 5.75 Å². The van der Waals surface area contributed by atoms with Gasteiger partial charge in [-0.15, -0.1) is 6.58 Å². The first kappa shape index (κ1) is 40.2. The predicted molar refractivity (Wildman–Crippen MR) is 218 cm³/mol. The second kappa shape index (κ2) is 17.6. The van der Waals surface area contributed by atoms with E-state index in [9.17, 15) is 24.3 Å². The molecule has 0 saturated carbocycles. The number of hydrogen-bond donors (Lipinski definition) is 2. The summed E-state index contributed by atoms with van der Waals surface area (Å²) in [4.78, 5) is 60.3. The second-order valence-corrected chi connectivity index (χ2v) is 16.3. The van der Waals surface area contributed by atoms with E-state index in [0.29, 0.717) is 12.0 Å². The van der Waals surface area contributed by atoms with Gasteiger partial charge in [0.05, 0.1) is 18.6 Å². The number of Topliss-reactive ketones (excluding diaryl/α,β-unsaturated/α-hetero) is 1. The number of piperazine rings is 1. The summed E-state index contributed by atoms with van der Waals surface area (Å²) < 4.78 is 2.18. The Morgan fingerprint density at radius 2 is 1.70 bits per heavy atom. The molecule has 2 unspecified atom stereocenters. The molecular formula is C45H56N6O5. The molecular weight excluding hydrogens is 705 g/mol. The van der Waals surface area contributed by atoms with Gasteiger partial charge in [-0.3, -0.25) is 14.4 Å². The number of carbonyl (C=O) groups excluding carboxylic acids is 4. The van der Waals surface area contributed by atoms with Crippen LogP contribution in [-0.2, 0) is 35.6 Å². The van der Waals surface area contributed by atoms with E-state index in [1.54, 1.807) is 50.2 Å². The molecule has 11 nitrogen and oxygen atoms in total. The largest absolute Gasteiger partial charge is 0.508 e. The summed E-state index contributed by atoms with van der Waals surface area (Å²) in [6.07, 6.45) is 7.72. The molecule has 296 valence electrons. The number of hydrazine groups is 1. The maximum absolute atomic E-state index is 14.8. The van der Waals surface area contributed by atoms with Crippen molar-refractivity contribution >= 4 is 34.5 Å². The van der Waals surface area contributed by atoms with Gasteiger partial charge in [0.25, 0.3) is 0 Å². The van der Waals surface area contributed by atoms with E-state index < -0.39 is 12.2 Å². The fourth-order valence-corrected chi connectivity index (χ4v) is 8.01. The number of nitrogens with zero attached hydrogens (tertiary/aromatic N) is 5. The number of aromatic hydroxyl groups is 1. The van der Waals surface area contributed by atoms with Gasteiger partial charge in [0.15, 0.2) is 5.78 Å². The van der Waals surface area contributed by atoms with Gasteiger partial charge in [0, 0.05) is 56.2 Å². The third kappa shape index (κ3) is 9.16. The Morgan fingerprint density at radius 1 is 0.946 bits per heavy atom. The number of phenols is 1. The van der Waals surface area contributed by atoms with Crippen molar-refractivity contribution in [1.29, 1.82) is 0 Å². The van der Waals surface area contributed by atoms with E-state index in [4.69, 9.17) is 0 Å². The van der Waals surface area contributed by atoms with Crippen LogP contribution in [0.2, 0.25) is 0 Å². The van der Waals surface area contributed by atoms with Crippen molar-refractivity contribution in [2.75, 3.05) is 19.6 Å². The lowest BCUT2D eigenvalue weighted by Gasteiger charge is -2.55. The fraction of sp³-hybridized carbons (Fsp3) is 0.422. The van der Waals surface area contributed by atoms with Crippen molar-refractivity contribution in [2.45, 2.75) is 98.1 Å². The molecule has 0 spiro atoms. The molecule has 56 heavy (non-hydrogen) atoms. The lowest BCUT2D eigenvalue weighted by atomic mass is 9.87. The van der Waals surface area contributed by atoms with Gasteiger partial charge < -0.3 is 24.8 Å². The third-order valence-corrected chi connectivity index (χ3v) is 10.6. The van der Waals surface area contributed by atoms with Crippen molar-refractivity contribution in [1.82, 2.24) is 29.7 Å². The predicted octanol–water partition coefficient (Wildman–Crippen LogP) is 7.28. The molecule has 4 aromatic rings. The van der Waals surface area contributed by atoms with Gasteiger partial charge in [0.2, 0.25) is 11.8 Å². The molecule has 2 N–H and O–H groups in total. The van der Waals surface area contributed by atoms with Crippen LogP contribution in [0.1, 0.15) is 86.8 Å². The van der Waals surface area contributed by atoms with Crippen LogP contribution in [0.25, 0.3) is 10.9 Å². The normalized spacial score (nSPS) is 17.7. The number of para-hydroxylation sites is 1. The zero-order valence-corrected chi connectivity index (χ0v) is 33.2. The monoisotopic (exact) mass is 760 g/mol. The molecule has 11 heteroatoms. The topological polar surface area (TPSA) is 118 Å². The number of ketones is 1. The maximum Gasteiger partial charge on any atom is 0.334 e. The van der Waals surface area contributed by atoms with Crippen LogP contribution in [-0.4, -0.2) is 85.0 Å². The number of rotatable bonds is 15. The van der Waals surface area contributed by atoms with Gasteiger partial charge >= 0.3 is 6.03 Å². The highest BCUT2D eigenvalue weighted by Crippen LogP contribution is 2.33. The highest BCUT2D eigenvalue weighted by Gasteiger charge is 2.51. The van der Waals surface area contributed by atoms with Crippen molar-refractivity contribution < 1.29 is 24.3 Å². The molecule has 3 heterocycles. The Bertz CT molecular complexity index is 2040. The van der Waals surface area contributed by atoms with Crippen molar-refractivity contribution in [2.24, 2.45) is 5.41 Å². The number of aromatic nitrogens is 1. The van der Waals surface area contributed by atoms with Crippen molar-refractivity contribution in [3.63, 3.8) is 0 Å². The molecule has 2 aliphatic heterocycles. The van der Waals surface area contributed by atoms with Crippen LogP contribution in [0.4, 0.5) is 4.79 Å².